The van der Waals surface area contributed by atoms with Crippen molar-refractivity contribution in [1.82, 2.24) is 0 Å². The third-order valence-corrected chi connectivity index (χ3v) is 3.41. The molecule has 0 amide bonds. The van der Waals surface area contributed by atoms with Crippen LogP contribution in [-0.4, -0.2) is 6.21 Å². The highest BCUT2D eigenvalue weighted by Crippen LogP contribution is 2.17. The van der Waals surface area contributed by atoms with Gasteiger partial charge in [-0.1, -0.05) is 29.8 Å². The van der Waals surface area contributed by atoms with Crippen LogP contribution in [0.15, 0.2) is 62.9 Å². The first-order valence-electron chi connectivity index (χ1n) is 6.77. The Morgan fingerprint density at radius 2 is 1.90 bits per heavy atom. The van der Waals surface area contributed by atoms with E-state index in [9.17, 15) is 4.79 Å². The van der Waals surface area contributed by atoms with Crippen molar-refractivity contribution in [2.45, 2.75) is 13.8 Å². The van der Waals surface area contributed by atoms with Gasteiger partial charge in [0.25, 0.3) is 0 Å². The number of hydrogen-bond acceptors (Lipinski definition) is 3. The van der Waals surface area contributed by atoms with E-state index in [1.54, 1.807) is 6.21 Å². The molecule has 0 N–H and O–H groups in total. The molecule has 0 aliphatic heterocycles. The van der Waals surface area contributed by atoms with Gasteiger partial charge in [-0.2, -0.15) is 0 Å². The molecule has 0 atom stereocenters. The summed E-state index contributed by atoms with van der Waals surface area (Å²) in [7, 11) is 0. The Hall–Kier alpha value is -2.68. The second kappa shape index (κ2) is 5.37. The summed E-state index contributed by atoms with van der Waals surface area (Å²) >= 11 is 0. The Labute approximate surface area is 122 Å². The number of nitrogens with zero attached hydrogens (tertiary/aromatic N) is 1. The minimum Gasteiger partial charge on any atom is -0.463 e. The van der Waals surface area contributed by atoms with Crippen molar-refractivity contribution in [3.63, 3.8) is 0 Å². The first-order chi connectivity index (χ1) is 10.1. The van der Waals surface area contributed by atoms with Crippen molar-refractivity contribution >= 4 is 22.9 Å². The molecule has 0 bridgehead atoms. The Kier molecular flexibility index (Phi) is 3.40. The number of para-hydroxylation sites is 1. The molecule has 2 aromatic carbocycles. The van der Waals surface area contributed by atoms with E-state index in [2.05, 4.69) is 4.99 Å². The van der Waals surface area contributed by atoms with Gasteiger partial charge in [-0.3, -0.25) is 9.79 Å². The zero-order chi connectivity index (χ0) is 14.8. The number of benzene rings is 2. The molecule has 3 nitrogen and oxygen atoms in total. The highest BCUT2D eigenvalue weighted by molar-refractivity contribution is 5.87. The van der Waals surface area contributed by atoms with Crippen LogP contribution in [0.25, 0.3) is 11.0 Å². The summed E-state index contributed by atoms with van der Waals surface area (Å²) in [6.45, 7) is 3.94. The van der Waals surface area contributed by atoms with E-state index in [0.29, 0.717) is 16.5 Å². The van der Waals surface area contributed by atoms with Crippen LogP contribution in [0, 0.1) is 13.8 Å². The number of hydrogen-bond donors (Lipinski definition) is 0. The predicted molar refractivity (Wildman–Crippen MR) is 85.7 cm³/mol. The third kappa shape index (κ3) is 2.63. The Morgan fingerprint density at radius 3 is 2.71 bits per heavy atom. The van der Waals surface area contributed by atoms with Gasteiger partial charge in [-0.05, 0) is 37.6 Å². The average Bonchev–Trinajstić information content (AvgIpc) is 2.49. The van der Waals surface area contributed by atoms with Gasteiger partial charge in [0.1, 0.15) is 11.8 Å². The van der Waals surface area contributed by atoms with Crippen LogP contribution in [-0.2, 0) is 0 Å². The van der Waals surface area contributed by atoms with Gasteiger partial charge >= 0.3 is 0 Å². The van der Waals surface area contributed by atoms with Crippen LogP contribution in [0.4, 0.5) is 5.69 Å². The molecule has 1 aromatic heterocycles. The molecule has 1 heterocycles. The molecule has 0 saturated carbocycles. The lowest BCUT2D eigenvalue weighted by Gasteiger charge is -2.00. The lowest BCUT2D eigenvalue weighted by Crippen LogP contribution is -2.07. The van der Waals surface area contributed by atoms with Gasteiger partial charge in [0.15, 0.2) is 0 Å². The van der Waals surface area contributed by atoms with Gasteiger partial charge in [-0.25, -0.2) is 0 Å². The smallest absolute Gasteiger partial charge is 0.201 e. The molecule has 0 radical (unpaired) electrons. The van der Waals surface area contributed by atoms with E-state index < -0.39 is 0 Å². The molecule has 104 valence electrons. The van der Waals surface area contributed by atoms with Crippen molar-refractivity contribution in [2.24, 2.45) is 4.99 Å². The summed E-state index contributed by atoms with van der Waals surface area (Å²) < 4.78 is 5.51. The molecule has 0 spiro atoms. The number of rotatable bonds is 2. The van der Waals surface area contributed by atoms with Crippen LogP contribution in [0.2, 0.25) is 0 Å². The standard InChI is InChI=1S/C18H15NO2/c1-12-7-8-17-15(9-12)18(20)14(11-21-17)10-19-16-6-4-3-5-13(16)2/h3-11H,1-2H3. The van der Waals surface area contributed by atoms with Gasteiger partial charge in [0.2, 0.25) is 5.43 Å². The first-order valence-corrected chi connectivity index (χ1v) is 6.77. The normalized spacial score (nSPS) is 11.3. The maximum Gasteiger partial charge on any atom is 0.201 e. The van der Waals surface area contributed by atoms with Crippen molar-refractivity contribution in [1.29, 1.82) is 0 Å². The summed E-state index contributed by atoms with van der Waals surface area (Å²) in [5.41, 5.74) is 3.94. The third-order valence-electron chi connectivity index (χ3n) is 3.41. The molecule has 0 fully saturated rings. The largest absolute Gasteiger partial charge is 0.463 e. The van der Waals surface area contributed by atoms with Gasteiger partial charge < -0.3 is 4.42 Å². The first kappa shape index (κ1) is 13.3. The number of fused-ring (bicyclic) bond motifs is 1. The minimum atomic E-state index is -0.0581. The minimum absolute atomic E-state index is 0.0581. The summed E-state index contributed by atoms with van der Waals surface area (Å²) in [6, 6.07) is 13.4. The molecule has 0 aliphatic carbocycles. The highest BCUT2D eigenvalue weighted by atomic mass is 16.3. The van der Waals surface area contributed by atoms with Crippen LogP contribution in [0.1, 0.15) is 16.7 Å². The SMILES string of the molecule is Cc1ccc2occ(C=Nc3ccccc3C)c(=O)c2c1. The summed E-state index contributed by atoms with van der Waals surface area (Å²) in [4.78, 5) is 16.8. The van der Waals surface area contributed by atoms with Crippen LogP contribution < -0.4 is 5.43 Å². The molecule has 3 heteroatoms. The average molecular weight is 277 g/mol. The Balaban J connectivity index is 2.08. The Bertz CT molecular complexity index is 891. The highest BCUT2D eigenvalue weighted by Gasteiger charge is 2.05. The van der Waals surface area contributed by atoms with Crippen molar-refractivity contribution in [3.8, 4) is 0 Å². The van der Waals surface area contributed by atoms with E-state index in [4.69, 9.17) is 4.42 Å². The molecular weight excluding hydrogens is 262 g/mol. The quantitative estimate of drug-likeness (QED) is 0.660. The number of aryl methyl sites for hydroxylation is 2. The second-order valence-corrected chi connectivity index (χ2v) is 5.06. The fourth-order valence-corrected chi connectivity index (χ4v) is 2.20. The summed E-state index contributed by atoms with van der Waals surface area (Å²) in [5.74, 6) is 0. The zero-order valence-corrected chi connectivity index (χ0v) is 12.0. The molecule has 3 aromatic rings. The summed E-state index contributed by atoms with van der Waals surface area (Å²) in [5, 5.41) is 0.587. The summed E-state index contributed by atoms with van der Waals surface area (Å²) in [6.07, 6.45) is 3.03. The van der Waals surface area contributed by atoms with E-state index in [1.165, 1.54) is 6.26 Å². The monoisotopic (exact) mass is 277 g/mol. The molecule has 21 heavy (non-hydrogen) atoms. The molecule has 0 unspecified atom stereocenters. The zero-order valence-electron chi connectivity index (χ0n) is 12.0. The predicted octanol–water partition coefficient (Wildman–Crippen LogP) is 4.16. The second-order valence-electron chi connectivity index (χ2n) is 5.06. The van der Waals surface area contributed by atoms with E-state index >= 15 is 0 Å². The van der Waals surface area contributed by atoms with Crippen LogP contribution in [0.5, 0.6) is 0 Å². The maximum absolute atomic E-state index is 12.4. The number of aliphatic imine (C=N–C) groups is 1. The molecule has 0 aliphatic rings. The van der Waals surface area contributed by atoms with Crippen molar-refractivity contribution < 1.29 is 4.42 Å². The van der Waals surface area contributed by atoms with Crippen LogP contribution >= 0.6 is 0 Å². The topological polar surface area (TPSA) is 42.6 Å². The fourth-order valence-electron chi connectivity index (χ4n) is 2.20. The van der Waals surface area contributed by atoms with E-state index in [-0.39, 0.29) is 5.43 Å². The van der Waals surface area contributed by atoms with Gasteiger partial charge in [0, 0.05) is 6.21 Å². The molecule has 3 rings (SSSR count). The maximum atomic E-state index is 12.4. The molecular formula is C18H15NO2. The molecule has 0 saturated heterocycles. The fraction of sp³-hybridized carbons (Fsp3) is 0.111. The Morgan fingerprint density at radius 1 is 1.10 bits per heavy atom. The van der Waals surface area contributed by atoms with E-state index in [0.717, 1.165) is 16.8 Å². The lowest BCUT2D eigenvalue weighted by molar-refractivity contribution is 0.601. The van der Waals surface area contributed by atoms with Crippen LogP contribution in [0.3, 0.4) is 0 Å². The van der Waals surface area contributed by atoms with Gasteiger partial charge in [0.05, 0.1) is 16.6 Å². The lowest BCUT2D eigenvalue weighted by atomic mass is 10.1. The van der Waals surface area contributed by atoms with Crippen molar-refractivity contribution in [3.05, 3.63) is 75.6 Å². The van der Waals surface area contributed by atoms with E-state index in [1.807, 2.05) is 56.3 Å². The van der Waals surface area contributed by atoms with Crippen molar-refractivity contribution in [2.75, 3.05) is 0 Å². The van der Waals surface area contributed by atoms with Gasteiger partial charge in [-0.15, -0.1) is 0 Å².